The minimum absolute atomic E-state index is 0.0213. The highest BCUT2D eigenvalue weighted by Gasteiger charge is 2.22. The number of benzene rings is 1. The van der Waals surface area contributed by atoms with Crippen LogP contribution in [0.4, 0.5) is 5.69 Å². The first-order valence-electron chi connectivity index (χ1n) is 7.45. The van der Waals surface area contributed by atoms with Crippen LogP contribution in [0.2, 0.25) is 0 Å². The van der Waals surface area contributed by atoms with Crippen LogP contribution >= 0.6 is 0 Å². The number of primary amides is 1. The summed E-state index contributed by atoms with van der Waals surface area (Å²) in [5, 5.41) is 0. The molecule has 0 bridgehead atoms. The molecule has 8 heteroatoms. The molecule has 3 N–H and O–H groups in total. The van der Waals surface area contributed by atoms with Crippen molar-refractivity contribution >= 4 is 21.6 Å². The molecule has 1 atom stereocenters. The number of rotatable bonds is 7. The smallest absolute Gasteiger partial charge is 0.265 e. The quantitative estimate of drug-likeness (QED) is 0.776. The molecule has 0 saturated carbocycles. The van der Waals surface area contributed by atoms with Crippen molar-refractivity contribution in [1.82, 2.24) is 9.29 Å². The van der Waals surface area contributed by atoms with Gasteiger partial charge in [-0.25, -0.2) is 13.1 Å². The maximum Gasteiger partial charge on any atom is 0.265 e. The summed E-state index contributed by atoms with van der Waals surface area (Å²) in [7, 11) is -0.256. The second-order valence-corrected chi connectivity index (χ2v) is 7.49. The summed E-state index contributed by atoms with van der Waals surface area (Å²) in [5.41, 5.74) is 6.36. The number of amides is 1. The van der Waals surface area contributed by atoms with Crippen molar-refractivity contribution in [3.8, 4) is 0 Å². The number of anilines is 1. The van der Waals surface area contributed by atoms with Gasteiger partial charge in [0.15, 0.2) is 0 Å². The van der Waals surface area contributed by atoms with Gasteiger partial charge in [0.1, 0.15) is 10.6 Å². The summed E-state index contributed by atoms with van der Waals surface area (Å²) < 4.78 is 28.9. The van der Waals surface area contributed by atoms with Crippen molar-refractivity contribution in [3.05, 3.63) is 48.3 Å². The average Bonchev–Trinajstić information content (AvgIpc) is 2.90. The van der Waals surface area contributed by atoms with E-state index in [-0.39, 0.29) is 16.6 Å². The van der Waals surface area contributed by atoms with Crippen LogP contribution in [0.15, 0.2) is 47.5 Å². The number of nitrogens with zero attached hydrogens (tertiary/aromatic N) is 2. The Hall–Kier alpha value is -2.32. The third-order valence-electron chi connectivity index (χ3n) is 3.64. The number of aryl methyl sites for hydroxylation is 1. The third kappa shape index (κ3) is 4.15. The largest absolute Gasteiger partial charge is 0.373 e. The zero-order valence-electron chi connectivity index (χ0n) is 13.9. The predicted molar refractivity (Wildman–Crippen MR) is 93.4 cm³/mol. The van der Waals surface area contributed by atoms with E-state index in [4.69, 9.17) is 5.73 Å². The topological polar surface area (TPSA) is 97.4 Å². The molecule has 0 aliphatic heterocycles. The van der Waals surface area contributed by atoms with Gasteiger partial charge in [0.2, 0.25) is 10.0 Å². The zero-order chi connectivity index (χ0) is 17.9. The molecule has 1 aromatic carbocycles. The van der Waals surface area contributed by atoms with Crippen LogP contribution in [0.5, 0.6) is 0 Å². The monoisotopic (exact) mass is 350 g/mol. The van der Waals surface area contributed by atoms with Crippen molar-refractivity contribution < 1.29 is 13.2 Å². The van der Waals surface area contributed by atoms with Crippen molar-refractivity contribution in [2.45, 2.75) is 17.9 Å². The van der Waals surface area contributed by atoms with Gasteiger partial charge in [0, 0.05) is 38.6 Å². The summed E-state index contributed by atoms with van der Waals surface area (Å²) >= 11 is 0. The van der Waals surface area contributed by atoms with Gasteiger partial charge in [0.25, 0.3) is 5.91 Å². The normalized spacial score (nSPS) is 12.8. The van der Waals surface area contributed by atoms with E-state index < -0.39 is 15.9 Å². The van der Waals surface area contributed by atoms with E-state index in [0.717, 1.165) is 5.69 Å². The fourth-order valence-corrected chi connectivity index (χ4v) is 3.80. The molecule has 7 nitrogen and oxygen atoms in total. The van der Waals surface area contributed by atoms with E-state index in [1.54, 1.807) is 14.0 Å². The number of para-hydroxylation sites is 1. The molecule has 2 rings (SSSR count). The highest BCUT2D eigenvalue weighted by molar-refractivity contribution is 7.89. The Labute approximate surface area is 142 Å². The lowest BCUT2D eigenvalue weighted by atomic mass is 10.2. The molecule has 24 heavy (non-hydrogen) atoms. The fourth-order valence-electron chi connectivity index (χ4n) is 2.49. The number of sulfonamides is 1. The maximum absolute atomic E-state index is 12.5. The van der Waals surface area contributed by atoms with E-state index in [0.29, 0.717) is 6.54 Å². The Bertz CT molecular complexity index is 815. The van der Waals surface area contributed by atoms with Crippen LogP contribution in [0.1, 0.15) is 17.4 Å². The Morgan fingerprint density at radius 1 is 1.33 bits per heavy atom. The maximum atomic E-state index is 12.5. The predicted octanol–water partition coefficient (Wildman–Crippen LogP) is 0.927. The van der Waals surface area contributed by atoms with Crippen LogP contribution in [-0.2, 0) is 17.1 Å². The van der Waals surface area contributed by atoms with Gasteiger partial charge in [-0.1, -0.05) is 18.2 Å². The van der Waals surface area contributed by atoms with E-state index in [2.05, 4.69) is 4.72 Å². The molecule has 1 aromatic heterocycles. The van der Waals surface area contributed by atoms with Crippen LogP contribution in [0.3, 0.4) is 0 Å². The molecule has 0 spiro atoms. The minimum atomic E-state index is -3.73. The SMILES string of the molecule is C[C@@H](CN(C)c1ccccc1)NS(=O)(=O)c1cc(C(N)=O)n(C)c1. The molecular weight excluding hydrogens is 328 g/mol. The number of aromatic nitrogens is 1. The molecule has 0 fully saturated rings. The lowest BCUT2D eigenvalue weighted by Crippen LogP contribution is -2.40. The summed E-state index contributed by atoms with van der Waals surface area (Å²) in [6.07, 6.45) is 1.37. The molecule has 0 aliphatic rings. The van der Waals surface area contributed by atoms with E-state index >= 15 is 0 Å². The molecule has 0 saturated heterocycles. The molecule has 1 amide bonds. The van der Waals surface area contributed by atoms with Crippen LogP contribution in [0.25, 0.3) is 0 Å². The highest BCUT2D eigenvalue weighted by atomic mass is 32.2. The third-order valence-corrected chi connectivity index (χ3v) is 5.20. The van der Waals surface area contributed by atoms with Gasteiger partial charge in [-0.05, 0) is 25.1 Å². The summed E-state index contributed by atoms with van der Waals surface area (Å²) in [4.78, 5) is 13.3. The van der Waals surface area contributed by atoms with Crippen molar-refractivity contribution in [1.29, 1.82) is 0 Å². The number of hydrogen-bond acceptors (Lipinski definition) is 4. The van der Waals surface area contributed by atoms with Gasteiger partial charge in [-0.2, -0.15) is 0 Å². The standard InChI is InChI=1S/C16H22N4O3S/c1-12(10-19(2)13-7-5-4-6-8-13)18-24(22,23)14-9-15(16(17)21)20(3)11-14/h4-9,11-12,18H,10H2,1-3H3,(H2,17,21)/t12-/m0/s1. The number of likely N-dealkylation sites (N-methyl/N-ethyl adjacent to an activating group) is 1. The number of hydrogen-bond donors (Lipinski definition) is 2. The number of nitrogens with two attached hydrogens (primary N) is 1. The highest BCUT2D eigenvalue weighted by Crippen LogP contribution is 2.15. The summed E-state index contributed by atoms with van der Waals surface area (Å²) in [5.74, 6) is -0.671. The van der Waals surface area contributed by atoms with Gasteiger partial charge in [-0.15, -0.1) is 0 Å². The molecular formula is C16H22N4O3S. The molecule has 0 unspecified atom stereocenters. The lowest BCUT2D eigenvalue weighted by molar-refractivity contribution is 0.0992. The summed E-state index contributed by atoms with van der Waals surface area (Å²) in [6.45, 7) is 2.29. The Balaban J connectivity index is 2.08. The van der Waals surface area contributed by atoms with Gasteiger partial charge >= 0.3 is 0 Å². The first-order chi connectivity index (χ1) is 11.2. The van der Waals surface area contributed by atoms with Crippen LogP contribution in [-0.4, -0.2) is 38.5 Å². The van der Waals surface area contributed by atoms with E-state index in [1.807, 2.05) is 42.3 Å². The first kappa shape index (κ1) is 18.0. The van der Waals surface area contributed by atoms with E-state index in [1.165, 1.54) is 16.8 Å². The number of nitrogens with one attached hydrogen (secondary N) is 1. The van der Waals surface area contributed by atoms with E-state index in [9.17, 15) is 13.2 Å². The molecule has 0 radical (unpaired) electrons. The van der Waals surface area contributed by atoms with Crippen molar-refractivity contribution in [2.24, 2.45) is 12.8 Å². The van der Waals surface area contributed by atoms with Gasteiger partial charge in [0.05, 0.1) is 0 Å². The Morgan fingerprint density at radius 2 is 1.96 bits per heavy atom. The number of carbonyl (C=O) groups excluding carboxylic acids is 1. The zero-order valence-corrected chi connectivity index (χ0v) is 14.7. The fraction of sp³-hybridized carbons (Fsp3) is 0.312. The Kier molecular flexibility index (Phi) is 5.30. The average molecular weight is 350 g/mol. The van der Waals surface area contributed by atoms with Crippen molar-refractivity contribution in [3.63, 3.8) is 0 Å². The molecule has 0 aliphatic carbocycles. The number of carbonyl (C=O) groups is 1. The minimum Gasteiger partial charge on any atom is -0.373 e. The molecule has 1 heterocycles. The van der Waals surface area contributed by atoms with Gasteiger partial charge in [-0.3, -0.25) is 4.79 Å². The van der Waals surface area contributed by atoms with Gasteiger partial charge < -0.3 is 15.2 Å². The van der Waals surface area contributed by atoms with Crippen molar-refractivity contribution in [2.75, 3.05) is 18.5 Å². The molecule has 2 aromatic rings. The Morgan fingerprint density at radius 3 is 2.50 bits per heavy atom. The van der Waals surface area contributed by atoms with Crippen LogP contribution < -0.4 is 15.4 Å². The second kappa shape index (κ2) is 7.06. The molecule has 130 valence electrons. The second-order valence-electron chi connectivity index (χ2n) is 5.77. The lowest BCUT2D eigenvalue weighted by Gasteiger charge is -2.23. The summed E-state index contributed by atoms with van der Waals surface area (Å²) in [6, 6.07) is 10.6. The van der Waals surface area contributed by atoms with Crippen LogP contribution in [0, 0.1) is 0 Å². The first-order valence-corrected chi connectivity index (χ1v) is 8.93.